The Hall–Kier alpha value is -1.59. The first-order valence-corrected chi connectivity index (χ1v) is 6.88. The second kappa shape index (κ2) is 7.76. The summed E-state index contributed by atoms with van der Waals surface area (Å²) in [6.07, 6.45) is 8.44. The number of carbonyl (C=O) groups excluding carboxylic acids is 3. The summed E-state index contributed by atoms with van der Waals surface area (Å²) in [6.45, 7) is 0. The molecule has 1 rings (SSSR count). The number of hydrogen-bond donors (Lipinski definition) is 3. The zero-order valence-corrected chi connectivity index (χ0v) is 11.2. The van der Waals surface area contributed by atoms with Crippen LogP contribution in [0.2, 0.25) is 0 Å². The quantitative estimate of drug-likeness (QED) is 0.573. The van der Waals surface area contributed by atoms with Gasteiger partial charge in [-0.05, 0) is 18.8 Å². The van der Waals surface area contributed by atoms with Gasteiger partial charge in [-0.3, -0.25) is 14.4 Å². The number of hydrogen-bond acceptors (Lipinski definition) is 3. The van der Waals surface area contributed by atoms with E-state index in [0.29, 0.717) is 12.3 Å². The molecule has 0 atom stereocenters. The van der Waals surface area contributed by atoms with Gasteiger partial charge in [0.15, 0.2) is 6.04 Å². The molecular weight excluding hydrogens is 246 g/mol. The fourth-order valence-corrected chi connectivity index (χ4v) is 2.54. The summed E-state index contributed by atoms with van der Waals surface area (Å²) in [5, 5.41) is 2.27. The van der Waals surface area contributed by atoms with E-state index in [-0.39, 0.29) is 5.91 Å². The average Bonchev–Trinajstić information content (AvgIpc) is 2.36. The Balaban J connectivity index is 2.23. The maximum atomic E-state index is 11.6. The Morgan fingerprint density at radius 2 is 1.63 bits per heavy atom. The van der Waals surface area contributed by atoms with Crippen LogP contribution in [0, 0.1) is 5.92 Å². The summed E-state index contributed by atoms with van der Waals surface area (Å²) in [4.78, 5) is 33.4. The molecule has 5 N–H and O–H groups in total. The molecule has 0 bridgehead atoms. The predicted molar refractivity (Wildman–Crippen MR) is 70.7 cm³/mol. The van der Waals surface area contributed by atoms with Crippen LogP contribution in [0.25, 0.3) is 0 Å². The molecule has 6 heteroatoms. The number of rotatable bonds is 7. The van der Waals surface area contributed by atoms with Crippen molar-refractivity contribution in [2.75, 3.05) is 0 Å². The van der Waals surface area contributed by atoms with Crippen molar-refractivity contribution in [2.45, 2.75) is 57.4 Å². The van der Waals surface area contributed by atoms with E-state index < -0.39 is 17.9 Å². The van der Waals surface area contributed by atoms with Gasteiger partial charge >= 0.3 is 0 Å². The molecule has 0 aliphatic heterocycles. The second-order valence-electron chi connectivity index (χ2n) is 5.20. The molecule has 0 aromatic rings. The molecule has 6 nitrogen and oxygen atoms in total. The highest BCUT2D eigenvalue weighted by molar-refractivity contribution is 6.05. The summed E-state index contributed by atoms with van der Waals surface area (Å²) >= 11 is 0. The van der Waals surface area contributed by atoms with E-state index in [0.717, 1.165) is 12.8 Å². The van der Waals surface area contributed by atoms with Gasteiger partial charge in [-0.1, -0.05) is 32.1 Å². The Morgan fingerprint density at radius 1 is 1.05 bits per heavy atom. The first-order chi connectivity index (χ1) is 9.00. The molecular formula is C13H23N3O3. The van der Waals surface area contributed by atoms with Crippen molar-refractivity contribution in [3.63, 3.8) is 0 Å². The van der Waals surface area contributed by atoms with Crippen molar-refractivity contribution in [1.82, 2.24) is 5.32 Å². The Bertz CT molecular complexity index is 324. The van der Waals surface area contributed by atoms with Crippen molar-refractivity contribution in [3.05, 3.63) is 0 Å². The summed E-state index contributed by atoms with van der Waals surface area (Å²) in [7, 11) is 0. The van der Waals surface area contributed by atoms with E-state index in [2.05, 4.69) is 5.32 Å². The maximum absolute atomic E-state index is 11.6. The van der Waals surface area contributed by atoms with Crippen LogP contribution in [-0.4, -0.2) is 23.8 Å². The van der Waals surface area contributed by atoms with Crippen molar-refractivity contribution in [3.8, 4) is 0 Å². The van der Waals surface area contributed by atoms with Gasteiger partial charge in [-0.2, -0.15) is 0 Å². The zero-order valence-electron chi connectivity index (χ0n) is 11.2. The lowest BCUT2D eigenvalue weighted by Gasteiger charge is -2.21. The highest BCUT2D eigenvalue weighted by Crippen LogP contribution is 2.27. The van der Waals surface area contributed by atoms with Crippen molar-refractivity contribution in [1.29, 1.82) is 0 Å². The smallest absolute Gasteiger partial charge is 0.249 e. The zero-order chi connectivity index (χ0) is 14.3. The van der Waals surface area contributed by atoms with Crippen LogP contribution in [0.3, 0.4) is 0 Å². The number of nitrogens with two attached hydrogens (primary N) is 2. The molecule has 0 aromatic carbocycles. The third-order valence-electron chi connectivity index (χ3n) is 3.62. The maximum Gasteiger partial charge on any atom is 0.249 e. The molecule has 0 saturated heterocycles. The molecule has 1 saturated carbocycles. The first-order valence-electron chi connectivity index (χ1n) is 6.88. The fraction of sp³-hybridized carbons (Fsp3) is 0.769. The number of nitrogens with one attached hydrogen (secondary N) is 1. The normalized spacial score (nSPS) is 16.3. The molecule has 108 valence electrons. The molecule has 1 aliphatic carbocycles. The minimum atomic E-state index is -1.40. The lowest BCUT2D eigenvalue weighted by molar-refractivity contribution is -0.134. The molecule has 0 spiro atoms. The van der Waals surface area contributed by atoms with Crippen LogP contribution < -0.4 is 16.8 Å². The van der Waals surface area contributed by atoms with Crippen LogP contribution in [0.1, 0.15) is 51.4 Å². The summed E-state index contributed by atoms with van der Waals surface area (Å²) in [6, 6.07) is -1.40. The number of primary amides is 2. The summed E-state index contributed by atoms with van der Waals surface area (Å²) < 4.78 is 0. The van der Waals surface area contributed by atoms with Gasteiger partial charge in [-0.25, -0.2) is 0 Å². The van der Waals surface area contributed by atoms with Crippen LogP contribution in [0.4, 0.5) is 0 Å². The van der Waals surface area contributed by atoms with Gasteiger partial charge in [0.2, 0.25) is 17.7 Å². The Kier molecular flexibility index (Phi) is 6.32. The minimum absolute atomic E-state index is 0.299. The summed E-state index contributed by atoms with van der Waals surface area (Å²) in [5.74, 6) is -1.48. The molecule has 0 aromatic heterocycles. The largest absolute Gasteiger partial charge is 0.367 e. The lowest BCUT2D eigenvalue weighted by atomic mass is 9.86. The van der Waals surface area contributed by atoms with Crippen molar-refractivity contribution >= 4 is 17.7 Å². The van der Waals surface area contributed by atoms with Crippen LogP contribution in [0.15, 0.2) is 0 Å². The third kappa shape index (κ3) is 5.72. The predicted octanol–water partition coefficient (Wildman–Crippen LogP) is 0.192. The van der Waals surface area contributed by atoms with Gasteiger partial charge in [-0.15, -0.1) is 0 Å². The van der Waals surface area contributed by atoms with Gasteiger partial charge in [0.1, 0.15) is 0 Å². The van der Waals surface area contributed by atoms with Crippen LogP contribution in [0.5, 0.6) is 0 Å². The van der Waals surface area contributed by atoms with Gasteiger partial charge < -0.3 is 16.8 Å². The van der Waals surface area contributed by atoms with Crippen molar-refractivity contribution < 1.29 is 14.4 Å². The fourth-order valence-electron chi connectivity index (χ4n) is 2.54. The standard InChI is InChI=1S/C13H23N3O3/c14-12(18)11(13(15)19)16-10(17)8-4-7-9-5-2-1-3-6-9/h9,11H,1-8H2,(H2,14,18)(H2,15,19)(H,16,17). The SMILES string of the molecule is NC(=O)C(NC(=O)CCCC1CCCCC1)C(N)=O. The van der Waals surface area contributed by atoms with Crippen molar-refractivity contribution in [2.24, 2.45) is 17.4 Å². The van der Waals surface area contributed by atoms with Crippen LogP contribution in [-0.2, 0) is 14.4 Å². The van der Waals surface area contributed by atoms with E-state index >= 15 is 0 Å². The van der Waals surface area contributed by atoms with E-state index in [1.54, 1.807) is 0 Å². The van der Waals surface area contributed by atoms with Gasteiger partial charge in [0, 0.05) is 6.42 Å². The number of carbonyl (C=O) groups is 3. The number of amides is 3. The van der Waals surface area contributed by atoms with E-state index in [4.69, 9.17) is 11.5 Å². The highest BCUT2D eigenvalue weighted by Gasteiger charge is 2.23. The molecule has 3 amide bonds. The lowest BCUT2D eigenvalue weighted by Crippen LogP contribution is -2.52. The van der Waals surface area contributed by atoms with Gasteiger partial charge in [0.25, 0.3) is 0 Å². The molecule has 0 heterocycles. The van der Waals surface area contributed by atoms with Gasteiger partial charge in [0.05, 0.1) is 0 Å². The van der Waals surface area contributed by atoms with E-state index in [1.807, 2.05) is 0 Å². The monoisotopic (exact) mass is 269 g/mol. The average molecular weight is 269 g/mol. The Morgan fingerprint density at radius 3 is 2.16 bits per heavy atom. The molecule has 19 heavy (non-hydrogen) atoms. The first kappa shape index (κ1) is 15.5. The highest BCUT2D eigenvalue weighted by atomic mass is 16.2. The third-order valence-corrected chi connectivity index (χ3v) is 3.62. The van der Waals surface area contributed by atoms with Crippen LogP contribution >= 0.6 is 0 Å². The molecule has 1 aliphatic rings. The molecule has 0 unspecified atom stereocenters. The topological polar surface area (TPSA) is 115 Å². The van der Waals surface area contributed by atoms with E-state index in [1.165, 1.54) is 32.1 Å². The molecule has 1 fully saturated rings. The minimum Gasteiger partial charge on any atom is -0.367 e. The summed E-state index contributed by atoms with van der Waals surface area (Å²) in [5.41, 5.74) is 9.95. The Labute approximate surface area is 113 Å². The molecule has 0 radical (unpaired) electrons. The van der Waals surface area contributed by atoms with E-state index in [9.17, 15) is 14.4 Å². The second-order valence-corrected chi connectivity index (χ2v) is 5.20.